The predicted molar refractivity (Wildman–Crippen MR) is 61.0 cm³/mol. The van der Waals surface area contributed by atoms with Crippen molar-refractivity contribution in [1.29, 1.82) is 0 Å². The molecule has 1 N–H and O–H groups in total. The highest BCUT2D eigenvalue weighted by atomic mass is 19.1. The van der Waals surface area contributed by atoms with Crippen LogP contribution in [0.2, 0.25) is 0 Å². The molecule has 0 aliphatic carbocycles. The van der Waals surface area contributed by atoms with Crippen molar-refractivity contribution < 1.29 is 13.9 Å². The summed E-state index contributed by atoms with van der Waals surface area (Å²) in [5.41, 5.74) is 0.382. The highest BCUT2D eigenvalue weighted by molar-refractivity contribution is 5.92. The Bertz CT molecular complexity index is 411. The van der Waals surface area contributed by atoms with E-state index in [0.717, 1.165) is 19.0 Å². The van der Waals surface area contributed by atoms with Crippen molar-refractivity contribution in [3.05, 3.63) is 24.3 Å². The summed E-state index contributed by atoms with van der Waals surface area (Å²) in [4.78, 5) is 15.6. The average Bonchev–Trinajstić information content (AvgIpc) is 2.29. The van der Waals surface area contributed by atoms with Crippen LogP contribution in [0.25, 0.3) is 0 Å². The van der Waals surface area contributed by atoms with Gasteiger partial charge in [-0.05, 0) is 19.8 Å². The number of nitrogens with zero attached hydrogens (tertiary/aromatic N) is 1. The summed E-state index contributed by atoms with van der Waals surface area (Å²) < 4.78 is 18.3. The van der Waals surface area contributed by atoms with E-state index in [2.05, 4.69) is 10.3 Å². The minimum Gasteiger partial charge on any atom is -0.378 e. The number of nitrogens with one attached hydrogen (secondary N) is 1. The Morgan fingerprint density at radius 3 is 3.12 bits per heavy atom. The molecule has 5 heteroatoms. The summed E-state index contributed by atoms with van der Waals surface area (Å²) in [6.07, 6.45) is 4.11. The van der Waals surface area contributed by atoms with E-state index < -0.39 is 5.82 Å². The van der Waals surface area contributed by atoms with E-state index in [4.69, 9.17) is 4.74 Å². The fourth-order valence-electron chi connectivity index (χ4n) is 1.98. The van der Waals surface area contributed by atoms with Crippen molar-refractivity contribution in [3.63, 3.8) is 0 Å². The summed E-state index contributed by atoms with van der Waals surface area (Å²) in [5, 5.41) is 2.66. The van der Waals surface area contributed by atoms with Crippen LogP contribution in [-0.4, -0.2) is 23.6 Å². The van der Waals surface area contributed by atoms with Gasteiger partial charge in [0, 0.05) is 12.7 Å². The molecule has 0 saturated carbocycles. The maximum atomic E-state index is 12.9. The van der Waals surface area contributed by atoms with E-state index in [1.165, 1.54) is 12.3 Å². The Kier molecular flexibility index (Phi) is 3.68. The molecule has 1 aromatic heterocycles. The van der Waals surface area contributed by atoms with Crippen LogP contribution in [0.15, 0.2) is 18.5 Å². The predicted octanol–water partition coefficient (Wildman–Crippen LogP) is 1.97. The van der Waals surface area contributed by atoms with Gasteiger partial charge < -0.3 is 10.1 Å². The summed E-state index contributed by atoms with van der Waals surface area (Å²) in [6.45, 7) is 2.58. The van der Waals surface area contributed by atoms with Crippen molar-refractivity contribution in [2.24, 2.45) is 5.92 Å². The molecule has 92 valence electrons. The van der Waals surface area contributed by atoms with Crippen molar-refractivity contribution in [3.8, 4) is 0 Å². The minimum absolute atomic E-state index is 0.0923. The second kappa shape index (κ2) is 5.23. The highest BCUT2D eigenvalue weighted by Gasteiger charge is 2.28. The van der Waals surface area contributed by atoms with Gasteiger partial charge in [-0.1, -0.05) is 0 Å². The Morgan fingerprint density at radius 2 is 2.41 bits per heavy atom. The number of hydrogen-bond donors (Lipinski definition) is 1. The number of anilines is 1. The molecular weight excluding hydrogens is 223 g/mol. The zero-order chi connectivity index (χ0) is 12.3. The van der Waals surface area contributed by atoms with E-state index in [9.17, 15) is 9.18 Å². The van der Waals surface area contributed by atoms with Crippen LogP contribution in [0, 0.1) is 11.7 Å². The lowest BCUT2D eigenvalue weighted by Crippen LogP contribution is -2.36. The zero-order valence-corrected chi connectivity index (χ0v) is 9.65. The molecule has 0 bridgehead atoms. The Hall–Kier alpha value is -1.49. The zero-order valence-electron chi connectivity index (χ0n) is 9.65. The molecule has 0 aromatic carbocycles. The van der Waals surface area contributed by atoms with Crippen molar-refractivity contribution in [2.75, 3.05) is 11.9 Å². The van der Waals surface area contributed by atoms with E-state index in [0.29, 0.717) is 12.3 Å². The molecule has 1 saturated heterocycles. The lowest BCUT2D eigenvalue weighted by Gasteiger charge is -2.27. The van der Waals surface area contributed by atoms with Gasteiger partial charge in [-0.15, -0.1) is 0 Å². The third-order valence-electron chi connectivity index (χ3n) is 2.92. The lowest BCUT2D eigenvalue weighted by molar-refractivity contribution is -0.127. The fourth-order valence-corrected chi connectivity index (χ4v) is 1.98. The molecule has 1 aromatic rings. The number of hydrogen-bond acceptors (Lipinski definition) is 3. The largest absolute Gasteiger partial charge is 0.378 e. The van der Waals surface area contributed by atoms with Gasteiger partial charge in [0.1, 0.15) is 5.82 Å². The topological polar surface area (TPSA) is 51.2 Å². The number of halogens is 1. The molecule has 1 aliphatic heterocycles. The van der Waals surface area contributed by atoms with Crippen molar-refractivity contribution in [2.45, 2.75) is 25.9 Å². The van der Waals surface area contributed by atoms with E-state index in [-0.39, 0.29) is 17.9 Å². The summed E-state index contributed by atoms with van der Waals surface area (Å²) in [6, 6.07) is 1.25. The number of ether oxygens (including phenoxy) is 1. The van der Waals surface area contributed by atoms with Crippen LogP contribution in [0.5, 0.6) is 0 Å². The van der Waals surface area contributed by atoms with Gasteiger partial charge in [0.15, 0.2) is 0 Å². The van der Waals surface area contributed by atoms with Gasteiger partial charge in [0.25, 0.3) is 0 Å². The summed E-state index contributed by atoms with van der Waals surface area (Å²) >= 11 is 0. The van der Waals surface area contributed by atoms with Crippen molar-refractivity contribution in [1.82, 2.24) is 4.98 Å². The number of pyridine rings is 1. The van der Waals surface area contributed by atoms with Crippen LogP contribution in [0.4, 0.5) is 10.1 Å². The molecule has 2 heterocycles. The Labute approximate surface area is 99.2 Å². The quantitative estimate of drug-likeness (QED) is 0.857. The second-order valence-electron chi connectivity index (χ2n) is 4.21. The fraction of sp³-hybridized carbons (Fsp3) is 0.500. The molecule has 2 rings (SSSR count). The second-order valence-corrected chi connectivity index (χ2v) is 4.21. The number of carbonyl (C=O) groups is 1. The van der Waals surface area contributed by atoms with E-state index in [1.54, 1.807) is 0 Å². The minimum atomic E-state index is -0.462. The van der Waals surface area contributed by atoms with Gasteiger partial charge in [-0.25, -0.2) is 4.39 Å². The Balaban J connectivity index is 2.01. The average molecular weight is 238 g/mol. The van der Waals surface area contributed by atoms with Crippen LogP contribution in [0.3, 0.4) is 0 Å². The van der Waals surface area contributed by atoms with Gasteiger partial charge in [0.05, 0.1) is 30.1 Å². The standard InChI is InChI=1S/C12H15FN2O2/c1-8-11(3-2-4-17-8)12(16)15-10-5-9(13)6-14-7-10/h5-8,11H,2-4H2,1H3,(H,15,16)/t8-,11+/m0/s1. The number of carbonyl (C=O) groups excluding carboxylic acids is 1. The summed E-state index contributed by atoms with van der Waals surface area (Å²) in [7, 11) is 0. The molecule has 1 aliphatic rings. The highest BCUT2D eigenvalue weighted by Crippen LogP contribution is 2.22. The van der Waals surface area contributed by atoms with E-state index >= 15 is 0 Å². The normalized spacial score (nSPS) is 24.4. The van der Waals surface area contributed by atoms with Crippen molar-refractivity contribution >= 4 is 11.6 Å². The van der Waals surface area contributed by atoms with Crippen LogP contribution in [0.1, 0.15) is 19.8 Å². The third kappa shape index (κ3) is 3.00. The van der Waals surface area contributed by atoms with Gasteiger partial charge in [-0.3, -0.25) is 9.78 Å². The molecule has 0 radical (unpaired) electrons. The first kappa shape index (κ1) is 12.0. The van der Waals surface area contributed by atoms with E-state index in [1.807, 2.05) is 6.92 Å². The molecule has 17 heavy (non-hydrogen) atoms. The third-order valence-corrected chi connectivity index (χ3v) is 2.92. The molecule has 0 unspecified atom stereocenters. The molecule has 1 fully saturated rings. The monoisotopic (exact) mass is 238 g/mol. The molecular formula is C12H15FN2O2. The molecule has 1 amide bonds. The number of rotatable bonds is 2. The first-order valence-corrected chi connectivity index (χ1v) is 5.70. The lowest BCUT2D eigenvalue weighted by atomic mass is 9.94. The summed E-state index contributed by atoms with van der Waals surface area (Å²) in [5.74, 6) is -0.771. The van der Waals surface area contributed by atoms with Gasteiger partial charge in [0.2, 0.25) is 5.91 Å². The van der Waals surface area contributed by atoms with Gasteiger partial charge in [-0.2, -0.15) is 0 Å². The van der Waals surface area contributed by atoms with Gasteiger partial charge >= 0.3 is 0 Å². The smallest absolute Gasteiger partial charge is 0.230 e. The maximum absolute atomic E-state index is 12.9. The SMILES string of the molecule is C[C@@H]1OCCC[C@H]1C(=O)Nc1cncc(F)c1. The first-order chi connectivity index (χ1) is 8.16. The molecule has 4 nitrogen and oxygen atoms in total. The molecule has 0 spiro atoms. The van der Waals surface area contributed by atoms with Crippen LogP contribution >= 0.6 is 0 Å². The maximum Gasteiger partial charge on any atom is 0.230 e. The number of amides is 1. The Morgan fingerprint density at radius 1 is 1.59 bits per heavy atom. The van der Waals surface area contributed by atoms with Crippen LogP contribution in [-0.2, 0) is 9.53 Å². The molecule has 2 atom stereocenters. The van der Waals surface area contributed by atoms with Crippen LogP contribution < -0.4 is 5.32 Å². The number of aromatic nitrogens is 1. The first-order valence-electron chi connectivity index (χ1n) is 5.70.